The number of ether oxygens (including phenoxy) is 1. The molecule has 0 aliphatic heterocycles. The first-order valence-corrected chi connectivity index (χ1v) is 45.6. The summed E-state index contributed by atoms with van der Waals surface area (Å²) >= 11 is 2.50. The van der Waals surface area contributed by atoms with E-state index in [1.54, 1.807) is 54.7 Å². The van der Waals surface area contributed by atoms with Gasteiger partial charge in [-0.05, 0) is 136 Å². The monoisotopic (exact) mass is 1350 g/mol. The summed E-state index contributed by atoms with van der Waals surface area (Å²) in [5.74, 6) is -8.22. The van der Waals surface area contributed by atoms with Crippen molar-refractivity contribution < 1.29 is 75.0 Å². The van der Waals surface area contributed by atoms with E-state index in [2.05, 4.69) is 40.5 Å². The number of hydrogen-bond donors (Lipinski definition) is 4. The van der Waals surface area contributed by atoms with Crippen LogP contribution in [-0.4, -0.2) is 152 Å². The van der Waals surface area contributed by atoms with Gasteiger partial charge in [-0.2, -0.15) is 0 Å². The molecule has 30 heteroatoms. The Bertz CT molecular complexity index is 4810. The van der Waals surface area contributed by atoms with Crippen LogP contribution in [0.1, 0.15) is 88.0 Å². The second-order valence-corrected chi connectivity index (χ2v) is 21.6. The molecule has 2 amide bonds. The van der Waals surface area contributed by atoms with Gasteiger partial charge in [-0.1, -0.05) is 42.5 Å². The number of rotatable bonds is 17. The van der Waals surface area contributed by atoms with E-state index in [1.807, 2.05) is 12.1 Å². The molecule has 0 saturated heterocycles. The summed E-state index contributed by atoms with van der Waals surface area (Å²) < 4.78 is 89.4. The number of methoxy groups -OCH3 is 1. The Morgan fingerprint density at radius 3 is 1.71 bits per heavy atom. The zero-order chi connectivity index (χ0) is 67.8. The summed E-state index contributed by atoms with van der Waals surface area (Å²) in [5, 5.41) is 25.5. The number of esters is 1. The number of aromatic nitrogens is 7. The summed E-state index contributed by atoms with van der Waals surface area (Å²) in [6, 6.07) is 33.3. The quantitative estimate of drug-likeness (QED) is 0.0228. The van der Waals surface area contributed by atoms with E-state index in [-0.39, 0.29) is 64.9 Å². The number of carbonyl (C=O) groups is 5. The van der Waals surface area contributed by atoms with Crippen LogP contribution in [0.2, 0.25) is 0 Å². The number of pyridine rings is 6. The maximum atomic E-state index is 13.7. The molecule has 23 nitrogen and oxygen atoms in total. The van der Waals surface area contributed by atoms with Crippen molar-refractivity contribution in [1.82, 2.24) is 43.7 Å². The zero-order valence-corrected chi connectivity index (χ0v) is 57.2. The second-order valence-electron chi connectivity index (χ2n) is 19.8. The molecule has 0 spiro atoms. The van der Waals surface area contributed by atoms with Gasteiger partial charge in [0.1, 0.15) is 22.5 Å². The van der Waals surface area contributed by atoms with Crippen LogP contribution in [0.4, 0.5) is 17.6 Å². The first kappa shape index (κ1) is 71.5. The average Bonchev–Trinajstić information content (AvgIpc) is 1.60. The summed E-state index contributed by atoms with van der Waals surface area (Å²) in [4.78, 5) is 107. The van der Waals surface area contributed by atoms with Gasteiger partial charge in [0, 0.05) is 60.8 Å². The Morgan fingerprint density at radius 2 is 1.18 bits per heavy atom. The van der Waals surface area contributed by atoms with E-state index < -0.39 is 74.1 Å². The summed E-state index contributed by atoms with van der Waals surface area (Å²) in [7, 11) is -2.87. The topological polar surface area (TPSA) is 312 Å². The van der Waals surface area contributed by atoms with E-state index in [0.717, 1.165) is 52.0 Å². The van der Waals surface area contributed by atoms with E-state index >= 15 is 0 Å². The van der Waals surface area contributed by atoms with Crippen molar-refractivity contribution in [3.05, 3.63) is 282 Å². The van der Waals surface area contributed by atoms with Gasteiger partial charge in [0.25, 0.3) is 33.0 Å². The van der Waals surface area contributed by atoms with Gasteiger partial charge in [-0.3, -0.25) is 29.0 Å². The Balaban J connectivity index is 0.000000221. The first-order chi connectivity index (χ1) is 45.1. The zero-order valence-electron chi connectivity index (χ0n) is 50.1. The Kier molecular flexibility index (Phi) is 25.2. The van der Waals surface area contributed by atoms with Gasteiger partial charge in [0.15, 0.2) is 28.9 Å². The first-order valence-electron chi connectivity index (χ1n) is 28.2. The molecule has 3 aromatic carbocycles. The minimum absolute atomic E-state index is 0.0530. The number of nitrogens with zero attached hydrogens (tertiary/aromatic N) is 7. The predicted octanol–water partition coefficient (Wildman–Crippen LogP) is 7.31. The Morgan fingerprint density at radius 1 is 0.638 bits per heavy atom. The average molecular weight is 1350 g/mol. The molecule has 10 aromatic rings. The van der Waals surface area contributed by atoms with Crippen molar-refractivity contribution in [3.8, 4) is 11.1 Å². The number of allylic oxidation sites excluding steroid dienone is 1. The van der Waals surface area contributed by atoms with Crippen LogP contribution >= 0.6 is 0 Å². The van der Waals surface area contributed by atoms with Crippen LogP contribution in [0.25, 0.3) is 27.7 Å². The molecule has 7 aromatic heterocycles. The van der Waals surface area contributed by atoms with Gasteiger partial charge in [0.2, 0.25) is 0 Å². The molecule has 7 heterocycles. The number of amides is 2. The Labute approximate surface area is 576 Å². The number of carbonyl (C=O) groups excluding carboxylic acids is 4. The molecular formula is C64H49F4K2N9O14S. The summed E-state index contributed by atoms with van der Waals surface area (Å²) in [5.41, 5.74) is 3.41. The normalized spacial score (nSPS) is 11.3. The van der Waals surface area contributed by atoms with Gasteiger partial charge >= 0.3 is 81.1 Å². The molecule has 470 valence electrons. The molecule has 1 aliphatic carbocycles. The fourth-order valence-electron chi connectivity index (χ4n) is 9.49. The fraction of sp³-hybridized carbons (Fsp3) is 0.109. The molecule has 1 aliphatic rings. The van der Waals surface area contributed by atoms with Crippen molar-refractivity contribution in [2.45, 2.75) is 44.4 Å². The van der Waals surface area contributed by atoms with Crippen LogP contribution in [0, 0.1) is 23.3 Å². The van der Waals surface area contributed by atoms with Gasteiger partial charge in [-0.15, -0.1) is 0 Å². The third-order valence-corrected chi connectivity index (χ3v) is 15.4. The van der Waals surface area contributed by atoms with E-state index in [1.165, 1.54) is 165 Å². The number of carboxylic acids is 1. The number of nitrogens with one attached hydrogen (secondary N) is 2. The van der Waals surface area contributed by atoms with Crippen molar-refractivity contribution in [2.75, 3.05) is 7.11 Å². The maximum absolute atomic E-state index is 13.7. The second kappa shape index (κ2) is 33.2. The van der Waals surface area contributed by atoms with E-state index in [0.29, 0.717) is 45.3 Å². The molecule has 0 fully saturated rings. The van der Waals surface area contributed by atoms with Gasteiger partial charge in [-0.25, -0.2) is 64.5 Å². The van der Waals surface area contributed by atoms with E-state index in [9.17, 15) is 64.6 Å². The number of fused-ring (bicyclic) bond motifs is 2. The Hall–Kier alpha value is -8.35. The number of carboxylic acid groups (broad SMARTS) is 1. The standard InChI is InChI=1S/C34H25F2N5O6S.C28H20F2N4O4.C2H4O4.2K/c1-47-34(44)30-17-22(27-20-41(31-25(27)9-5-13-37-31)48(45,46)24-7-3-2-4-8-24)16-23(39-30)18-38-32(42)26-10-6-14-40(33(26)43)19-21-11-12-28(35)29(36)15-21;29-22-7-5-16(11-23(22)30)15-34-10-2-4-21(27(34)36)26(35)32-14-18-12-17(13-25(33-18)28(37)38)19-6-8-24-20(19)3-1-9-31-24;1-2(3)5-6-4;;/h2-17,20H,18-19H2,1H3,(H,38,42);1-7,9-13H,8,14-15H2,(H,32,35)(H,37,38);4H,1H3;;. The molecule has 0 radical (unpaired) electrons. The van der Waals surface area contributed by atoms with Crippen LogP contribution in [0.5, 0.6) is 0 Å². The number of hydrogen-bond acceptors (Lipinski definition) is 17. The van der Waals surface area contributed by atoms with Gasteiger partial charge < -0.3 is 29.6 Å². The minimum atomic E-state index is -4.05. The molecule has 0 saturated carbocycles. The summed E-state index contributed by atoms with van der Waals surface area (Å²) in [6.45, 7) is 0.584. The van der Waals surface area contributed by atoms with Crippen molar-refractivity contribution in [2.24, 2.45) is 0 Å². The van der Waals surface area contributed by atoms with Crippen LogP contribution in [-0.2, 0) is 62.1 Å². The van der Waals surface area contributed by atoms with Crippen LogP contribution < -0.4 is 21.8 Å². The molecule has 4 N–H and O–H groups in total. The SMILES string of the molecule is CC(=O)OOO.COC(=O)c1cc(-c2cn(S(=O)(=O)c3ccccc3)c3ncccc23)cc(CNC(=O)c2cccn(Cc3ccc(F)c(F)c3)c2=O)n1.O=C(O)c1cc(C2=CCc3ncccc32)cc(CNC(=O)c2cccn(Cc3ccc(F)c(F)c3)c2=O)n1.[K][K]. The molecule has 11 rings (SSSR count). The molecule has 0 bridgehead atoms. The third kappa shape index (κ3) is 17.7. The summed E-state index contributed by atoms with van der Waals surface area (Å²) in [6.07, 6.45) is 9.99. The van der Waals surface area contributed by atoms with Crippen molar-refractivity contribution in [1.29, 1.82) is 0 Å². The third-order valence-electron chi connectivity index (χ3n) is 13.7. The van der Waals surface area contributed by atoms with Crippen LogP contribution in [0.3, 0.4) is 0 Å². The number of halogens is 4. The predicted molar refractivity (Wildman–Crippen MR) is 331 cm³/mol. The van der Waals surface area contributed by atoms with Gasteiger partial charge in [0.05, 0.1) is 55.3 Å². The number of benzene rings is 3. The van der Waals surface area contributed by atoms with E-state index in [4.69, 9.17) is 9.99 Å². The molecule has 0 unspecified atom stereocenters. The molecular weight excluding hydrogens is 1310 g/mol. The van der Waals surface area contributed by atoms with Crippen LogP contribution in [0.15, 0.2) is 191 Å². The molecule has 94 heavy (non-hydrogen) atoms. The fourth-order valence-corrected chi connectivity index (χ4v) is 10.8. The van der Waals surface area contributed by atoms with Crippen molar-refractivity contribution in [3.63, 3.8) is 0 Å². The number of aromatic carboxylic acids is 1. The van der Waals surface area contributed by atoms with Crippen molar-refractivity contribution >= 4 is 120 Å². The molecule has 0 atom stereocenters.